The Hall–Kier alpha value is -1.59. The van der Waals surface area contributed by atoms with Crippen LogP contribution in [0.3, 0.4) is 0 Å². The summed E-state index contributed by atoms with van der Waals surface area (Å²) < 4.78 is 11.5. The van der Waals surface area contributed by atoms with E-state index in [1.54, 1.807) is 4.90 Å². The van der Waals surface area contributed by atoms with Crippen molar-refractivity contribution in [1.82, 2.24) is 9.80 Å². The number of hydrogen-bond acceptors (Lipinski definition) is 4. The van der Waals surface area contributed by atoms with E-state index in [4.69, 9.17) is 9.47 Å². The van der Waals surface area contributed by atoms with Crippen LogP contribution < -0.4 is 0 Å². The van der Waals surface area contributed by atoms with E-state index in [1.165, 1.54) is 25.8 Å². The lowest BCUT2D eigenvalue weighted by atomic mass is 9.92. The first-order chi connectivity index (χ1) is 13.6. The van der Waals surface area contributed by atoms with Gasteiger partial charge in [0.15, 0.2) is 0 Å². The zero-order chi connectivity index (χ0) is 20.2. The molecule has 1 saturated carbocycles. The monoisotopic (exact) mass is 390 g/mol. The Bertz CT molecular complexity index is 542. The highest BCUT2D eigenvalue weighted by atomic mass is 16.6. The predicted molar refractivity (Wildman–Crippen MR) is 113 cm³/mol. The number of nitrogens with zero attached hydrogens (tertiary/aromatic N) is 2. The molecule has 0 spiro atoms. The summed E-state index contributed by atoms with van der Waals surface area (Å²) in [7, 11) is 6.10. The van der Waals surface area contributed by atoms with Crippen LogP contribution in [0.5, 0.6) is 0 Å². The molecular weight excluding hydrogens is 352 g/mol. The highest BCUT2D eigenvalue weighted by Gasteiger charge is 2.27. The number of carbonyl (C=O) groups is 1. The van der Waals surface area contributed by atoms with Crippen LogP contribution in [0, 0.1) is 0 Å². The second-order valence-corrected chi connectivity index (χ2v) is 8.17. The molecule has 158 valence electrons. The highest BCUT2D eigenvalue weighted by Crippen LogP contribution is 2.25. The molecule has 0 radical (unpaired) electrons. The third-order valence-corrected chi connectivity index (χ3v) is 5.54. The molecule has 2 rings (SSSR count). The smallest absolute Gasteiger partial charge is 0.410 e. The third kappa shape index (κ3) is 8.61. The number of carbonyl (C=O) groups excluding carboxylic acids is 1. The third-order valence-electron chi connectivity index (χ3n) is 5.54. The Balaban J connectivity index is 1.55. The molecular formula is C23H38N2O3. The van der Waals surface area contributed by atoms with Gasteiger partial charge >= 0.3 is 6.09 Å². The van der Waals surface area contributed by atoms with Gasteiger partial charge in [0.25, 0.3) is 0 Å². The molecule has 1 aliphatic rings. The fourth-order valence-corrected chi connectivity index (χ4v) is 3.70. The van der Waals surface area contributed by atoms with E-state index in [-0.39, 0.29) is 12.1 Å². The van der Waals surface area contributed by atoms with Gasteiger partial charge in [-0.25, -0.2) is 4.79 Å². The summed E-state index contributed by atoms with van der Waals surface area (Å²) in [6, 6.07) is 10.1. The summed E-state index contributed by atoms with van der Waals surface area (Å²) in [6.07, 6.45) is 9.11. The van der Waals surface area contributed by atoms with Gasteiger partial charge in [-0.15, -0.1) is 0 Å². The summed E-state index contributed by atoms with van der Waals surface area (Å²) in [5.41, 5.74) is 1.02. The van der Waals surface area contributed by atoms with Crippen molar-refractivity contribution in [2.24, 2.45) is 0 Å². The summed E-state index contributed by atoms with van der Waals surface area (Å²) in [5.74, 6) is 0. The molecule has 0 aliphatic heterocycles. The number of unbranched alkanes of at least 4 members (excludes halogenated alkanes) is 3. The minimum Gasteiger partial charge on any atom is -0.445 e. The molecule has 0 atom stereocenters. The Morgan fingerprint density at radius 3 is 2.32 bits per heavy atom. The second kappa shape index (κ2) is 12.8. The molecule has 0 bridgehead atoms. The van der Waals surface area contributed by atoms with Gasteiger partial charge in [0.05, 0.1) is 6.10 Å². The molecule has 1 aromatic rings. The van der Waals surface area contributed by atoms with Gasteiger partial charge in [-0.1, -0.05) is 43.2 Å². The van der Waals surface area contributed by atoms with Crippen LogP contribution in [-0.4, -0.2) is 62.3 Å². The van der Waals surface area contributed by atoms with E-state index in [2.05, 4.69) is 19.0 Å². The van der Waals surface area contributed by atoms with Crippen molar-refractivity contribution < 1.29 is 14.3 Å². The van der Waals surface area contributed by atoms with E-state index < -0.39 is 0 Å². The first-order valence-corrected chi connectivity index (χ1v) is 10.8. The number of ether oxygens (including phenoxy) is 2. The van der Waals surface area contributed by atoms with Crippen molar-refractivity contribution in [2.75, 3.05) is 34.3 Å². The molecule has 5 nitrogen and oxygen atoms in total. The van der Waals surface area contributed by atoms with Crippen molar-refractivity contribution in [3.63, 3.8) is 0 Å². The second-order valence-electron chi connectivity index (χ2n) is 8.17. The molecule has 1 fully saturated rings. The van der Waals surface area contributed by atoms with Crippen LogP contribution >= 0.6 is 0 Å². The number of hydrogen-bond donors (Lipinski definition) is 0. The molecule has 0 heterocycles. The van der Waals surface area contributed by atoms with E-state index in [9.17, 15) is 4.79 Å². The van der Waals surface area contributed by atoms with Gasteiger partial charge in [0.1, 0.15) is 6.61 Å². The van der Waals surface area contributed by atoms with E-state index >= 15 is 0 Å². The summed E-state index contributed by atoms with van der Waals surface area (Å²) in [4.78, 5) is 16.3. The molecule has 5 heteroatoms. The van der Waals surface area contributed by atoms with Crippen LogP contribution in [-0.2, 0) is 16.1 Å². The van der Waals surface area contributed by atoms with Crippen LogP contribution in [0.1, 0.15) is 56.9 Å². The summed E-state index contributed by atoms with van der Waals surface area (Å²) in [5, 5.41) is 0. The average molecular weight is 391 g/mol. The number of rotatable bonds is 11. The molecule has 0 aromatic heterocycles. The first-order valence-electron chi connectivity index (χ1n) is 10.8. The van der Waals surface area contributed by atoms with Crippen molar-refractivity contribution in [2.45, 2.75) is 70.1 Å². The van der Waals surface area contributed by atoms with E-state index in [1.807, 2.05) is 37.4 Å². The van der Waals surface area contributed by atoms with E-state index in [0.29, 0.717) is 12.7 Å². The maximum Gasteiger partial charge on any atom is 0.410 e. The van der Waals surface area contributed by atoms with Gasteiger partial charge in [0.2, 0.25) is 0 Å². The van der Waals surface area contributed by atoms with Crippen molar-refractivity contribution in [1.29, 1.82) is 0 Å². The van der Waals surface area contributed by atoms with Gasteiger partial charge in [-0.3, -0.25) is 0 Å². The molecule has 1 aromatic carbocycles. The lowest BCUT2D eigenvalue weighted by Gasteiger charge is -2.34. The summed E-state index contributed by atoms with van der Waals surface area (Å²) in [6.45, 7) is 2.37. The molecule has 1 amide bonds. The van der Waals surface area contributed by atoms with Gasteiger partial charge in [-0.05, 0) is 64.7 Å². The zero-order valence-corrected chi connectivity index (χ0v) is 17.9. The highest BCUT2D eigenvalue weighted by molar-refractivity contribution is 5.67. The SMILES string of the molecule is CN(C)CCCCCCOC1CCC(N(C)C(=O)OCc2ccccc2)CC1. The number of amides is 1. The van der Waals surface area contributed by atoms with Crippen LogP contribution in [0.15, 0.2) is 30.3 Å². The van der Waals surface area contributed by atoms with Crippen LogP contribution in [0.25, 0.3) is 0 Å². The fourth-order valence-electron chi connectivity index (χ4n) is 3.70. The fraction of sp³-hybridized carbons (Fsp3) is 0.696. The maximum atomic E-state index is 12.3. The molecule has 1 aliphatic carbocycles. The van der Waals surface area contributed by atoms with Crippen LogP contribution in [0.2, 0.25) is 0 Å². The standard InChI is InChI=1S/C23H38N2O3/c1-24(2)17-9-4-5-10-18-27-22-15-13-21(14-16-22)25(3)23(26)28-19-20-11-7-6-8-12-20/h6-8,11-12,21-22H,4-5,9-10,13-19H2,1-3H3. The molecule has 0 N–H and O–H groups in total. The minimum atomic E-state index is -0.231. The van der Waals surface area contributed by atoms with Gasteiger partial charge in [-0.2, -0.15) is 0 Å². The van der Waals surface area contributed by atoms with Gasteiger partial charge < -0.3 is 19.3 Å². The Labute approximate surface area is 171 Å². The van der Waals surface area contributed by atoms with Crippen LogP contribution in [0.4, 0.5) is 4.79 Å². The van der Waals surface area contributed by atoms with Gasteiger partial charge in [0, 0.05) is 19.7 Å². The first kappa shape index (κ1) is 22.7. The van der Waals surface area contributed by atoms with E-state index in [0.717, 1.165) is 44.3 Å². The van der Waals surface area contributed by atoms with Crippen molar-refractivity contribution in [3.05, 3.63) is 35.9 Å². The average Bonchev–Trinajstić information content (AvgIpc) is 2.71. The molecule has 28 heavy (non-hydrogen) atoms. The lowest BCUT2D eigenvalue weighted by Crippen LogP contribution is -2.41. The number of benzene rings is 1. The molecule has 0 saturated heterocycles. The Morgan fingerprint density at radius 2 is 1.64 bits per heavy atom. The normalized spacial score (nSPS) is 19.6. The zero-order valence-electron chi connectivity index (χ0n) is 17.9. The van der Waals surface area contributed by atoms with Crippen molar-refractivity contribution >= 4 is 6.09 Å². The molecule has 0 unspecified atom stereocenters. The minimum absolute atomic E-state index is 0.231. The quantitative estimate of drug-likeness (QED) is 0.514. The topological polar surface area (TPSA) is 42.0 Å². The maximum absolute atomic E-state index is 12.3. The Morgan fingerprint density at radius 1 is 0.964 bits per heavy atom. The Kier molecular flexibility index (Phi) is 10.4. The summed E-state index contributed by atoms with van der Waals surface area (Å²) >= 11 is 0. The lowest BCUT2D eigenvalue weighted by molar-refractivity contribution is 0.00693. The van der Waals surface area contributed by atoms with Crippen molar-refractivity contribution in [3.8, 4) is 0 Å². The largest absolute Gasteiger partial charge is 0.445 e. The predicted octanol–water partition coefficient (Wildman–Crippen LogP) is 4.70.